The zero-order chi connectivity index (χ0) is 17.1. The van der Waals surface area contributed by atoms with Crippen molar-refractivity contribution in [2.75, 3.05) is 0 Å². The van der Waals surface area contributed by atoms with Gasteiger partial charge in [0.2, 0.25) is 0 Å². The summed E-state index contributed by atoms with van der Waals surface area (Å²) >= 11 is 0. The average Bonchev–Trinajstić information content (AvgIpc) is 2.46. The van der Waals surface area contributed by atoms with Crippen LogP contribution in [-0.4, -0.2) is 4.98 Å². The maximum atomic E-state index is 12.8. The van der Waals surface area contributed by atoms with E-state index in [1.54, 1.807) is 0 Å². The predicted octanol–water partition coefficient (Wildman–Crippen LogP) is 5.38. The predicted molar refractivity (Wildman–Crippen MR) is 73.4 cm³/mol. The summed E-state index contributed by atoms with van der Waals surface area (Å²) in [7, 11) is 0. The minimum atomic E-state index is -4.54. The van der Waals surface area contributed by atoms with Gasteiger partial charge in [-0.1, -0.05) is 30.4 Å². The van der Waals surface area contributed by atoms with E-state index in [2.05, 4.69) is 4.98 Å². The summed E-state index contributed by atoms with van der Waals surface area (Å²) in [5.74, 6) is 0. The third-order valence-electron chi connectivity index (χ3n) is 3.05. The van der Waals surface area contributed by atoms with Gasteiger partial charge in [0.25, 0.3) is 0 Å². The first-order chi connectivity index (χ1) is 10.7. The zero-order valence-corrected chi connectivity index (χ0v) is 11.6. The molecule has 0 aliphatic rings. The van der Waals surface area contributed by atoms with Gasteiger partial charge in [0.15, 0.2) is 0 Å². The summed E-state index contributed by atoms with van der Waals surface area (Å²) in [6.07, 6.45) is -5.00. The van der Waals surface area contributed by atoms with Crippen LogP contribution in [-0.2, 0) is 18.8 Å². The summed E-state index contributed by atoms with van der Waals surface area (Å²) in [4.78, 5) is 3.33. The molecule has 0 bridgehead atoms. The van der Waals surface area contributed by atoms with Crippen LogP contribution in [0.15, 0.2) is 48.7 Å². The second-order valence-corrected chi connectivity index (χ2v) is 4.74. The van der Waals surface area contributed by atoms with Gasteiger partial charge in [0.1, 0.15) is 5.69 Å². The number of hydrogen-bond acceptors (Lipinski definition) is 1. The van der Waals surface area contributed by atoms with E-state index in [9.17, 15) is 26.3 Å². The fourth-order valence-electron chi connectivity index (χ4n) is 1.96. The van der Waals surface area contributed by atoms with Gasteiger partial charge in [0.05, 0.1) is 5.56 Å². The van der Waals surface area contributed by atoms with Crippen LogP contribution in [0.5, 0.6) is 0 Å². The molecule has 2 aromatic rings. The van der Waals surface area contributed by atoms with E-state index in [-0.39, 0.29) is 12.0 Å². The molecule has 0 spiro atoms. The van der Waals surface area contributed by atoms with Crippen molar-refractivity contribution in [2.24, 2.45) is 0 Å². The van der Waals surface area contributed by atoms with Crippen molar-refractivity contribution in [3.8, 4) is 0 Å². The Labute approximate surface area is 128 Å². The van der Waals surface area contributed by atoms with Crippen molar-refractivity contribution in [3.05, 3.63) is 71.1 Å². The fourth-order valence-corrected chi connectivity index (χ4v) is 1.96. The SMILES string of the molecule is FC(F)(F)c1ccc(C=CCc2cccnc2C(F)(F)F)cc1. The maximum absolute atomic E-state index is 12.8. The molecule has 1 nitrogen and oxygen atoms in total. The second kappa shape index (κ2) is 6.44. The molecule has 0 N–H and O–H groups in total. The lowest BCUT2D eigenvalue weighted by Crippen LogP contribution is -2.11. The Bertz CT molecular complexity index is 683. The van der Waals surface area contributed by atoms with Gasteiger partial charge in [-0.25, -0.2) is 0 Å². The van der Waals surface area contributed by atoms with Crippen LogP contribution >= 0.6 is 0 Å². The Balaban J connectivity index is 2.11. The van der Waals surface area contributed by atoms with Crippen molar-refractivity contribution < 1.29 is 26.3 Å². The van der Waals surface area contributed by atoms with E-state index in [0.717, 1.165) is 18.3 Å². The van der Waals surface area contributed by atoms with Gasteiger partial charge < -0.3 is 0 Å². The van der Waals surface area contributed by atoms with Crippen molar-refractivity contribution in [1.82, 2.24) is 4.98 Å². The first-order valence-electron chi connectivity index (χ1n) is 6.53. The Morgan fingerprint density at radius 1 is 0.870 bits per heavy atom. The van der Waals surface area contributed by atoms with Crippen molar-refractivity contribution in [3.63, 3.8) is 0 Å². The van der Waals surface area contributed by atoms with Crippen LogP contribution in [0.3, 0.4) is 0 Å². The first kappa shape index (κ1) is 17.1. The van der Waals surface area contributed by atoms with Crippen LogP contribution < -0.4 is 0 Å². The van der Waals surface area contributed by atoms with Crippen molar-refractivity contribution in [2.45, 2.75) is 18.8 Å². The molecule has 0 fully saturated rings. The molecule has 1 heterocycles. The molecule has 0 unspecified atom stereocenters. The molecule has 2 rings (SSSR count). The minimum Gasteiger partial charge on any atom is -0.251 e. The monoisotopic (exact) mass is 331 g/mol. The number of benzene rings is 1. The van der Waals surface area contributed by atoms with Crippen LogP contribution in [0, 0.1) is 0 Å². The minimum absolute atomic E-state index is 0.00293. The quantitative estimate of drug-likeness (QED) is 0.689. The number of aromatic nitrogens is 1. The Morgan fingerprint density at radius 3 is 2.09 bits per heavy atom. The molecule has 122 valence electrons. The summed E-state index contributed by atoms with van der Waals surface area (Å²) in [5, 5.41) is 0. The Hall–Kier alpha value is -2.31. The average molecular weight is 331 g/mol. The highest BCUT2D eigenvalue weighted by Gasteiger charge is 2.34. The molecular weight excluding hydrogens is 320 g/mol. The van der Waals surface area contributed by atoms with Crippen LogP contribution in [0.25, 0.3) is 6.08 Å². The molecule has 0 saturated heterocycles. The van der Waals surface area contributed by atoms with Crippen LogP contribution in [0.4, 0.5) is 26.3 Å². The van der Waals surface area contributed by atoms with Crippen molar-refractivity contribution in [1.29, 1.82) is 0 Å². The molecule has 0 amide bonds. The van der Waals surface area contributed by atoms with Gasteiger partial charge in [-0.05, 0) is 35.7 Å². The largest absolute Gasteiger partial charge is 0.433 e. The smallest absolute Gasteiger partial charge is 0.251 e. The number of nitrogens with zero attached hydrogens (tertiary/aromatic N) is 1. The number of pyridine rings is 1. The van der Waals surface area contributed by atoms with E-state index in [1.807, 2.05) is 0 Å². The van der Waals surface area contributed by atoms with Crippen LogP contribution in [0.2, 0.25) is 0 Å². The highest BCUT2D eigenvalue weighted by atomic mass is 19.4. The highest BCUT2D eigenvalue weighted by molar-refractivity contribution is 5.50. The summed E-state index contributed by atoms with van der Waals surface area (Å²) in [6.45, 7) is 0. The van der Waals surface area contributed by atoms with Gasteiger partial charge in [-0.3, -0.25) is 4.98 Å². The van der Waals surface area contributed by atoms with Gasteiger partial charge >= 0.3 is 12.4 Å². The number of allylic oxidation sites excluding steroid dienone is 1. The molecule has 23 heavy (non-hydrogen) atoms. The molecule has 1 aromatic heterocycles. The molecule has 1 aromatic carbocycles. The van der Waals surface area contributed by atoms with E-state index < -0.39 is 23.6 Å². The van der Waals surface area contributed by atoms with E-state index in [1.165, 1.54) is 36.4 Å². The Morgan fingerprint density at radius 2 is 1.52 bits per heavy atom. The zero-order valence-electron chi connectivity index (χ0n) is 11.6. The lowest BCUT2D eigenvalue weighted by molar-refractivity contribution is -0.141. The lowest BCUT2D eigenvalue weighted by atomic mass is 10.1. The number of rotatable bonds is 3. The molecule has 0 saturated carbocycles. The molecule has 7 heteroatoms. The fraction of sp³-hybridized carbons (Fsp3) is 0.188. The topological polar surface area (TPSA) is 12.9 Å². The van der Waals surface area contributed by atoms with Gasteiger partial charge in [-0.2, -0.15) is 26.3 Å². The lowest BCUT2D eigenvalue weighted by Gasteiger charge is -2.09. The molecule has 0 aliphatic heterocycles. The first-order valence-corrected chi connectivity index (χ1v) is 6.53. The van der Waals surface area contributed by atoms with Crippen LogP contribution in [0.1, 0.15) is 22.4 Å². The third kappa shape index (κ3) is 4.58. The number of hydrogen-bond donors (Lipinski definition) is 0. The molecular formula is C16H11F6N. The number of halogens is 6. The molecule has 0 radical (unpaired) electrons. The highest BCUT2D eigenvalue weighted by Crippen LogP contribution is 2.31. The number of alkyl halides is 6. The van der Waals surface area contributed by atoms with E-state index in [0.29, 0.717) is 5.56 Å². The second-order valence-electron chi connectivity index (χ2n) is 4.74. The summed E-state index contributed by atoms with van der Waals surface area (Å²) < 4.78 is 75.5. The van der Waals surface area contributed by atoms with Gasteiger partial charge in [0, 0.05) is 6.20 Å². The van der Waals surface area contributed by atoms with Crippen molar-refractivity contribution >= 4 is 6.08 Å². The molecule has 0 atom stereocenters. The molecule has 0 aliphatic carbocycles. The van der Waals surface area contributed by atoms with E-state index >= 15 is 0 Å². The maximum Gasteiger partial charge on any atom is 0.433 e. The standard InChI is InChI=1S/C16H11F6N/c17-15(18,19)13-8-6-11(7-9-13)3-1-4-12-5-2-10-23-14(12)16(20,21)22/h1-3,5-10H,4H2. The van der Waals surface area contributed by atoms with Gasteiger partial charge in [-0.15, -0.1) is 0 Å². The normalized spacial score (nSPS) is 12.8. The summed E-state index contributed by atoms with van der Waals surface area (Å²) in [5.41, 5.74) is -1.27. The third-order valence-corrected chi connectivity index (χ3v) is 3.05. The Kier molecular flexibility index (Phi) is 4.77. The van der Waals surface area contributed by atoms with E-state index in [4.69, 9.17) is 0 Å². The summed E-state index contributed by atoms with van der Waals surface area (Å²) in [6, 6.07) is 7.07.